The molecular weight excluding hydrogens is 1050 g/mol. The van der Waals surface area contributed by atoms with Gasteiger partial charge in [-0.3, -0.25) is 0 Å². The Hall–Kier alpha value is -10.5. The number of aromatic nitrogens is 1. The molecule has 0 fully saturated rings. The summed E-state index contributed by atoms with van der Waals surface area (Å²) in [5, 5.41) is 24.7. The molecule has 2 aliphatic rings. The molecule has 4 heterocycles. The Bertz CT molecular complexity index is 4930. The zero-order chi connectivity index (χ0) is 55.1. The quantitative estimate of drug-likeness (QED) is 0.134. The Kier molecular flexibility index (Phi) is 11.4. The minimum absolute atomic E-state index is 0.197. The SMILES string of the molecule is N#Cc1ccc(N(c2ccccc2)c2ccc3c(c2)Sc2cc(-n4c5ccccc5c5ccccc54)cc4c2B3c2c(cc(N(c3ccccc3)c3ccc(C#N)cc3)c3c2sc2ccccc23)N4c2ccccc2-c2ccccc2)cc1. The van der Waals surface area contributed by atoms with E-state index in [2.05, 4.69) is 268 Å². The molecule has 0 saturated heterocycles. The van der Waals surface area contributed by atoms with E-state index in [1.54, 1.807) is 0 Å². The highest BCUT2D eigenvalue weighted by molar-refractivity contribution is 8.00. The van der Waals surface area contributed by atoms with Crippen LogP contribution in [0.1, 0.15) is 11.1 Å². The van der Waals surface area contributed by atoms with Crippen LogP contribution in [0.3, 0.4) is 0 Å². The van der Waals surface area contributed by atoms with Crippen molar-refractivity contribution >= 4 is 139 Å². The fourth-order valence-corrected chi connectivity index (χ4v) is 15.4. The highest BCUT2D eigenvalue weighted by Gasteiger charge is 2.45. The van der Waals surface area contributed by atoms with Crippen LogP contribution in [-0.2, 0) is 0 Å². The van der Waals surface area contributed by atoms with Crippen LogP contribution < -0.4 is 31.1 Å². The van der Waals surface area contributed by atoms with Gasteiger partial charge in [-0.2, -0.15) is 10.5 Å². The second-order valence-corrected chi connectivity index (χ2v) is 23.1. The first kappa shape index (κ1) is 48.4. The summed E-state index contributed by atoms with van der Waals surface area (Å²) in [6.07, 6.45) is 0. The number of thiophene rings is 1. The van der Waals surface area contributed by atoms with E-state index >= 15 is 0 Å². The zero-order valence-electron chi connectivity index (χ0n) is 44.6. The van der Waals surface area contributed by atoms with Gasteiger partial charge in [0.15, 0.2) is 0 Å². The summed E-state index contributed by atoms with van der Waals surface area (Å²) in [5.41, 5.74) is 19.9. The molecule has 0 N–H and O–H groups in total. The van der Waals surface area contributed by atoms with Gasteiger partial charge in [-0.25, -0.2) is 0 Å². The van der Waals surface area contributed by atoms with Crippen LogP contribution in [-0.4, -0.2) is 11.3 Å². The molecule has 0 radical (unpaired) electrons. The molecule has 0 unspecified atom stereocenters. The summed E-state index contributed by atoms with van der Waals surface area (Å²) in [4.78, 5) is 9.63. The number of para-hydroxylation sites is 5. The Morgan fingerprint density at radius 1 is 0.410 bits per heavy atom. The fraction of sp³-hybridized carbons (Fsp3) is 0. The minimum Gasteiger partial charge on any atom is -0.311 e. The molecule has 6 nitrogen and oxygen atoms in total. The van der Waals surface area contributed by atoms with Crippen molar-refractivity contribution in [2.75, 3.05) is 14.7 Å². The molecular formula is C74H45BN6S2. The molecule has 2 aromatic heterocycles. The van der Waals surface area contributed by atoms with Crippen molar-refractivity contribution in [1.29, 1.82) is 10.5 Å². The number of fused-ring (bicyclic) bond motifs is 11. The molecule has 0 amide bonds. The molecule has 0 atom stereocenters. The molecule has 0 spiro atoms. The van der Waals surface area contributed by atoms with E-state index in [-0.39, 0.29) is 6.71 Å². The van der Waals surface area contributed by atoms with Gasteiger partial charge in [-0.15, -0.1) is 11.3 Å². The third kappa shape index (κ3) is 7.78. The van der Waals surface area contributed by atoms with Crippen molar-refractivity contribution in [3.05, 3.63) is 284 Å². The van der Waals surface area contributed by atoms with Crippen LogP contribution in [0.5, 0.6) is 0 Å². The summed E-state index contributed by atoms with van der Waals surface area (Å²) in [6.45, 7) is -0.197. The topological polar surface area (TPSA) is 62.2 Å². The second kappa shape index (κ2) is 19.6. The van der Waals surface area contributed by atoms with E-state index in [0.29, 0.717) is 11.1 Å². The average Bonchev–Trinajstić information content (AvgIpc) is 1.89. The maximum atomic E-state index is 10.1. The number of hydrogen-bond acceptors (Lipinski definition) is 7. The van der Waals surface area contributed by atoms with E-state index in [1.807, 2.05) is 59.5 Å². The maximum absolute atomic E-state index is 10.1. The van der Waals surface area contributed by atoms with Gasteiger partial charge < -0.3 is 19.3 Å². The lowest BCUT2D eigenvalue weighted by atomic mass is 9.34. The third-order valence-corrected chi connectivity index (χ3v) is 18.8. The molecule has 16 rings (SSSR count). The van der Waals surface area contributed by atoms with Gasteiger partial charge in [0.2, 0.25) is 0 Å². The Morgan fingerprint density at radius 3 is 1.60 bits per heavy atom. The van der Waals surface area contributed by atoms with Crippen LogP contribution in [0.25, 0.3) is 58.8 Å². The largest absolute Gasteiger partial charge is 0.311 e. The Balaban J connectivity index is 1.05. The van der Waals surface area contributed by atoms with Gasteiger partial charge in [-0.1, -0.05) is 163 Å². The van der Waals surface area contributed by atoms with Gasteiger partial charge in [0, 0.05) is 91.8 Å². The minimum atomic E-state index is -0.197. The molecule has 14 aromatic rings. The third-order valence-electron chi connectivity index (χ3n) is 16.4. The van der Waals surface area contributed by atoms with E-state index in [0.717, 1.165) is 79.0 Å². The number of benzene rings is 12. The predicted octanol–water partition coefficient (Wildman–Crippen LogP) is 18.3. The summed E-state index contributed by atoms with van der Waals surface area (Å²) >= 11 is 3.72. The molecule has 0 bridgehead atoms. The van der Waals surface area contributed by atoms with Crippen LogP contribution in [0.15, 0.2) is 283 Å². The lowest BCUT2D eigenvalue weighted by Gasteiger charge is -2.42. The van der Waals surface area contributed by atoms with Crippen LogP contribution >= 0.6 is 23.1 Å². The van der Waals surface area contributed by atoms with Crippen molar-refractivity contribution in [2.24, 2.45) is 0 Å². The highest BCUT2D eigenvalue weighted by Crippen LogP contribution is 2.53. The van der Waals surface area contributed by atoms with Gasteiger partial charge in [0.25, 0.3) is 6.71 Å². The molecule has 386 valence electrons. The van der Waals surface area contributed by atoms with Gasteiger partial charge in [0.05, 0.1) is 45.7 Å². The summed E-state index contributed by atoms with van der Waals surface area (Å²) in [5.74, 6) is 0. The standard InChI is InChI=1S/C74H45BN6S2/c76-46-48-32-36-53(37-33-48)78(51-20-6-2-7-21-51)55-40-41-61-69(43-55)82-70-44-56(80-63-29-15-11-25-58(63)59-26-12-16-30-64(59)80)42-66-72(70)75(61)73-67(81(66)62-28-14-10-24-57(62)50-18-4-1-5-19-50)45-65(71-60-27-13-17-31-68(60)83-74(71)73)79(52-22-8-3-9-23-52)54-38-34-49(47-77)35-39-54/h1-45H. The van der Waals surface area contributed by atoms with E-state index in [9.17, 15) is 10.5 Å². The number of hydrogen-bond donors (Lipinski definition) is 0. The van der Waals surface area contributed by atoms with Gasteiger partial charge >= 0.3 is 0 Å². The lowest BCUT2D eigenvalue weighted by molar-refractivity contribution is 1.15. The number of anilines is 9. The van der Waals surface area contributed by atoms with Gasteiger partial charge in [0.1, 0.15) is 0 Å². The molecule has 2 aliphatic heterocycles. The molecule has 0 aliphatic carbocycles. The smallest absolute Gasteiger partial charge is 0.251 e. The monoisotopic (exact) mass is 1090 g/mol. The highest BCUT2D eigenvalue weighted by atomic mass is 32.2. The first-order valence-corrected chi connectivity index (χ1v) is 29.4. The lowest BCUT2D eigenvalue weighted by Crippen LogP contribution is -2.60. The molecule has 9 heteroatoms. The first-order valence-electron chi connectivity index (χ1n) is 27.7. The zero-order valence-corrected chi connectivity index (χ0v) is 46.2. The second-order valence-electron chi connectivity index (χ2n) is 21.0. The molecule has 83 heavy (non-hydrogen) atoms. The first-order chi connectivity index (χ1) is 41.1. The fourth-order valence-electron chi connectivity index (χ4n) is 12.9. The van der Waals surface area contributed by atoms with Gasteiger partial charge in [-0.05, 0) is 144 Å². The number of nitrogens with zero attached hydrogens (tertiary/aromatic N) is 6. The van der Waals surface area contributed by atoms with Crippen LogP contribution in [0, 0.1) is 22.7 Å². The van der Waals surface area contributed by atoms with E-state index < -0.39 is 0 Å². The Labute approximate surface area is 488 Å². The predicted molar refractivity (Wildman–Crippen MR) is 348 cm³/mol. The van der Waals surface area contributed by atoms with Crippen molar-refractivity contribution in [2.45, 2.75) is 9.79 Å². The maximum Gasteiger partial charge on any atom is 0.251 e. The molecule has 0 saturated carbocycles. The number of rotatable bonds is 9. The van der Waals surface area contributed by atoms with E-state index in [1.165, 1.54) is 57.1 Å². The normalized spacial score (nSPS) is 12.2. The van der Waals surface area contributed by atoms with Crippen LogP contribution in [0.4, 0.5) is 51.2 Å². The average molecular weight is 1090 g/mol. The summed E-state index contributed by atoms with van der Waals surface area (Å²) in [6, 6.07) is 102. The van der Waals surface area contributed by atoms with Crippen molar-refractivity contribution < 1.29 is 0 Å². The van der Waals surface area contributed by atoms with Crippen molar-refractivity contribution in [3.8, 4) is 29.0 Å². The van der Waals surface area contributed by atoms with E-state index in [4.69, 9.17) is 0 Å². The summed E-state index contributed by atoms with van der Waals surface area (Å²) in [7, 11) is 0. The molecule has 12 aromatic carbocycles. The number of nitriles is 2. The summed E-state index contributed by atoms with van der Waals surface area (Å²) < 4.78 is 4.88. The Morgan fingerprint density at radius 2 is 0.940 bits per heavy atom. The van der Waals surface area contributed by atoms with Crippen LogP contribution in [0.2, 0.25) is 0 Å². The van der Waals surface area contributed by atoms with Crippen molar-refractivity contribution in [1.82, 2.24) is 4.57 Å². The van der Waals surface area contributed by atoms with Crippen molar-refractivity contribution in [3.63, 3.8) is 0 Å².